The molecule has 0 aliphatic rings. The quantitative estimate of drug-likeness (QED) is 0.309. The third-order valence-electron chi connectivity index (χ3n) is 6.48. The van der Waals surface area contributed by atoms with E-state index in [2.05, 4.69) is 114 Å². The van der Waals surface area contributed by atoms with Gasteiger partial charge in [-0.1, -0.05) is 61.4 Å². The van der Waals surface area contributed by atoms with Crippen molar-refractivity contribution >= 4 is 10.9 Å². The highest BCUT2D eigenvalue weighted by Gasteiger charge is 2.20. The number of hydrogen-bond acceptors (Lipinski definition) is 0. The van der Waals surface area contributed by atoms with Gasteiger partial charge < -0.3 is 0 Å². The molecule has 1 aromatic heterocycles. The highest BCUT2D eigenvalue weighted by molar-refractivity contribution is 5.87. The van der Waals surface area contributed by atoms with E-state index in [1.54, 1.807) is 0 Å². The Labute approximate surface area is 187 Å². The highest BCUT2D eigenvalue weighted by Crippen LogP contribution is 2.31. The van der Waals surface area contributed by atoms with E-state index in [-0.39, 0.29) is 0 Å². The standard InChI is InChI=1S/C30H34N/c1-19(2)14-26-17-25(24-10-8-20(3)9-11-24)18-30-27(26)12-13-29(31(30)7)28-16-21(4)15-22(5)23(28)6/h8-13,15-19H,14H2,1-7H3/q+1. The van der Waals surface area contributed by atoms with Crippen LogP contribution in [0, 0.1) is 33.6 Å². The second-order valence-corrected chi connectivity index (χ2v) is 9.56. The molecule has 1 nitrogen and oxygen atoms in total. The van der Waals surface area contributed by atoms with Crippen LogP contribution in [0.5, 0.6) is 0 Å². The molecule has 0 saturated heterocycles. The van der Waals surface area contributed by atoms with E-state index in [0.29, 0.717) is 5.92 Å². The maximum absolute atomic E-state index is 2.40. The molecule has 0 spiro atoms. The van der Waals surface area contributed by atoms with E-state index in [9.17, 15) is 0 Å². The van der Waals surface area contributed by atoms with Crippen molar-refractivity contribution in [1.82, 2.24) is 0 Å². The first-order valence-electron chi connectivity index (χ1n) is 11.4. The van der Waals surface area contributed by atoms with Crippen LogP contribution in [0.25, 0.3) is 33.3 Å². The lowest BCUT2D eigenvalue weighted by molar-refractivity contribution is -0.633. The molecule has 1 heteroatoms. The molecule has 31 heavy (non-hydrogen) atoms. The zero-order valence-corrected chi connectivity index (χ0v) is 20.0. The molecule has 158 valence electrons. The Morgan fingerprint density at radius 2 is 1.45 bits per heavy atom. The summed E-state index contributed by atoms with van der Waals surface area (Å²) in [5.74, 6) is 0.614. The molecule has 0 saturated carbocycles. The van der Waals surface area contributed by atoms with Crippen LogP contribution in [0.2, 0.25) is 0 Å². The van der Waals surface area contributed by atoms with Crippen molar-refractivity contribution < 1.29 is 4.57 Å². The molecule has 0 bridgehead atoms. The van der Waals surface area contributed by atoms with Crippen LogP contribution in [-0.4, -0.2) is 0 Å². The predicted octanol–water partition coefficient (Wildman–Crippen LogP) is 7.43. The number of fused-ring (bicyclic) bond motifs is 1. The average molecular weight is 409 g/mol. The summed E-state index contributed by atoms with van der Waals surface area (Å²) in [5, 5.41) is 1.36. The van der Waals surface area contributed by atoms with E-state index < -0.39 is 0 Å². The number of pyridine rings is 1. The van der Waals surface area contributed by atoms with Gasteiger partial charge in [-0.3, -0.25) is 0 Å². The zero-order valence-electron chi connectivity index (χ0n) is 20.0. The van der Waals surface area contributed by atoms with E-state index in [4.69, 9.17) is 0 Å². The summed E-state index contributed by atoms with van der Waals surface area (Å²) >= 11 is 0. The van der Waals surface area contributed by atoms with Crippen molar-refractivity contribution in [2.45, 2.75) is 48.0 Å². The van der Waals surface area contributed by atoms with Gasteiger partial charge in [-0.2, -0.15) is 4.57 Å². The van der Waals surface area contributed by atoms with E-state index >= 15 is 0 Å². The molecule has 0 radical (unpaired) electrons. The molecule has 1 heterocycles. The van der Waals surface area contributed by atoms with Gasteiger partial charge in [-0.15, -0.1) is 0 Å². The second kappa shape index (κ2) is 8.30. The Morgan fingerprint density at radius 1 is 0.742 bits per heavy atom. The molecule has 0 fully saturated rings. The lowest BCUT2D eigenvalue weighted by Gasteiger charge is -2.14. The normalized spacial score (nSPS) is 11.5. The minimum absolute atomic E-state index is 0.614. The lowest BCUT2D eigenvalue weighted by Crippen LogP contribution is -2.32. The van der Waals surface area contributed by atoms with Crippen molar-refractivity contribution in [3.8, 4) is 22.4 Å². The molecule has 0 atom stereocenters. The summed E-state index contributed by atoms with van der Waals surface area (Å²) in [7, 11) is 2.22. The predicted molar refractivity (Wildman–Crippen MR) is 133 cm³/mol. The summed E-state index contributed by atoms with van der Waals surface area (Å²) < 4.78 is 2.39. The zero-order chi connectivity index (χ0) is 22.3. The fourth-order valence-corrected chi connectivity index (χ4v) is 4.67. The van der Waals surface area contributed by atoms with Gasteiger partial charge in [0.25, 0.3) is 0 Å². The smallest absolute Gasteiger partial charge is 0.194 e. The monoisotopic (exact) mass is 408 g/mol. The summed E-state index contributed by atoms with van der Waals surface area (Å²) in [6, 6.07) is 22.9. The number of nitrogens with zero attached hydrogens (tertiary/aromatic N) is 1. The second-order valence-electron chi connectivity index (χ2n) is 9.56. The van der Waals surface area contributed by atoms with Gasteiger partial charge in [-0.25, -0.2) is 0 Å². The number of benzene rings is 3. The molecule has 0 N–H and O–H groups in total. The van der Waals surface area contributed by atoms with Gasteiger partial charge in [0.05, 0.1) is 0 Å². The Morgan fingerprint density at radius 3 is 2.13 bits per heavy atom. The van der Waals surface area contributed by atoms with Gasteiger partial charge in [-0.05, 0) is 80.0 Å². The third-order valence-corrected chi connectivity index (χ3v) is 6.48. The molecule has 4 aromatic rings. The van der Waals surface area contributed by atoms with Crippen LogP contribution in [0.4, 0.5) is 0 Å². The van der Waals surface area contributed by atoms with Crippen molar-refractivity contribution in [3.05, 3.63) is 88.5 Å². The Balaban J connectivity index is 2.00. The number of aromatic nitrogens is 1. The summed E-state index contributed by atoms with van der Waals surface area (Å²) in [4.78, 5) is 0. The minimum atomic E-state index is 0.614. The number of rotatable bonds is 4. The lowest BCUT2D eigenvalue weighted by atomic mass is 9.92. The first-order valence-corrected chi connectivity index (χ1v) is 11.4. The number of aryl methyl sites for hydroxylation is 4. The third kappa shape index (κ3) is 4.14. The highest BCUT2D eigenvalue weighted by atomic mass is 14.9. The van der Waals surface area contributed by atoms with Crippen LogP contribution in [0.1, 0.15) is 41.7 Å². The van der Waals surface area contributed by atoms with Crippen LogP contribution < -0.4 is 4.57 Å². The van der Waals surface area contributed by atoms with Crippen molar-refractivity contribution in [3.63, 3.8) is 0 Å². The molecule has 4 rings (SSSR count). The average Bonchev–Trinajstić information content (AvgIpc) is 2.71. The van der Waals surface area contributed by atoms with Gasteiger partial charge in [0, 0.05) is 23.1 Å². The summed E-state index contributed by atoms with van der Waals surface area (Å²) in [6.45, 7) is 13.4. The Hall–Kier alpha value is -2.93. The molecule has 0 aliphatic heterocycles. The minimum Gasteiger partial charge on any atom is -0.194 e. The fraction of sp³-hybridized carbons (Fsp3) is 0.300. The summed E-state index contributed by atoms with van der Waals surface area (Å²) in [6.07, 6.45) is 1.08. The molecular weight excluding hydrogens is 374 g/mol. The first-order chi connectivity index (χ1) is 14.7. The van der Waals surface area contributed by atoms with E-state index in [0.717, 1.165) is 6.42 Å². The van der Waals surface area contributed by atoms with Crippen LogP contribution >= 0.6 is 0 Å². The fourth-order valence-electron chi connectivity index (χ4n) is 4.67. The molecule has 3 aromatic carbocycles. The summed E-state index contributed by atoms with van der Waals surface area (Å²) in [5.41, 5.74) is 13.2. The Bertz CT molecular complexity index is 1260. The maximum Gasteiger partial charge on any atom is 0.213 e. The van der Waals surface area contributed by atoms with Gasteiger partial charge in [0.2, 0.25) is 11.2 Å². The molecule has 0 aliphatic carbocycles. The van der Waals surface area contributed by atoms with Crippen molar-refractivity contribution in [2.24, 2.45) is 13.0 Å². The largest absolute Gasteiger partial charge is 0.213 e. The molecule has 0 amide bonds. The Kier molecular flexibility index (Phi) is 5.71. The van der Waals surface area contributed by atoms with Crippen LogP contribution in [-0.2, 0) is 13.5 Å². The van der Waals surface area contributed by atoms with Gasteiger partial charge in [0.1, 0.15) is 7.05 Å². The molecule has 0 unspecified atom stereocenters. The SMILES string of the molecule is Cc1ccc(-c2cc(CC(C)C)c3ccc(-c4cc(C)cc(C)c4C)[n+](C)c3c2)cc1. The molecular formula is C30H34N+. The van der Waals surface area contributed by atoms with Crippen molar-refractivity contribution in [2.75, 3.05) is 0 Å². The van der Waals surface area contributed by atoms with Crippen LogP contribution in [0.15, 0.2) is 60.7 Å². The van der Waals surface area contributed by atoms with Crippen molar-refractivity contribution in [1.29, 1.82) is 0 Å². The maximum atomic E-state index is 2.40. The van der Waals surface area contributed by atoms with Crippen LogP contribution in [0.3, 0.4) is 0 Å². The first kappa shape index (κ1) is 21.3. The van der Waals surface area contributed by atoms with E-state index in [1.165, 1.54) is 61.1 Å². The topological polar surface area (TPSA) is 3.88 Å². The van der Waals surface area contributed by atoms with Gasteiger partial charge >= 0.3 is 0 Å². The number of hydrogen-bond donors (Lipinski definition) is 0. The van der Waals surface area contributed by atoms with Gasteiger partial charge in [0.15, 0.2) is 0 Å². The van der Waals surface area contributed by atoms with E-state index in [1.807, 2.05) is 0 Å².